The van der Waals surface area contributed by atoms with Crippen molar-refractivity contribution in [2.45, 2.75) is 138 Å². The van der Waals surface area contributed by atoms with E-state index < -0.39 is 24.3 Å². The number of carbonyl (C=O) groups is 4. The molecule has 2 aromatic carbocycles. The first-order valence-electron chi connectivity index (χ1n) is 23.9. The van der Waals surface area contributed by atoms with Gasteiger partial charge in [-0.25, -0.2) is 19.6 Å². The van der Waals surface area contributed by atoms with Gasteiger partial charge in [0.15, 0.2) is 0 Å². The summed E-state index contributed by atoms with van der Waals surface area (Å²) in [5.41, 5.74) is 5.73. The maximum Gasteiger partial charge on any atom is 0.407 e. The molecule has 2 aliphatic carbocycles. The number of hydrogen-bond acceptors (Lipinski definition) is 10. The zero-order valence-corrected chi connectivity index (χ0v) is 38.3. The molecule has 0 bridgehead atoms. The number of alkyl carbamates (subject to hydrolysis) is 2. The first kappa shape index (κ1) is 44.1. The van der Waals surface area contributed by atoms with Gasteiger partial charge in [-0.15, -0.1) is 0 Å². The number of benzene rings is 2. The molecule has 6 fully saturated rings. The predicted molar refractivity (Wildman–Crippen MR) is 244 cm³/mol. The van der Waals surface area contributed by atoms with Crippen LogP contribution in [0.3, 0.4) is 0 Å². The lowest BCUT2D eigenvalue weighted by Crippen LogP contribution is -2.55. The Labute approximate surface area is 385 Å². The van der Waals surface area contributed by atoms with E-state index in [2.05, 4.69) is 83.0 Å². The molecule has 8 atom stereocenters. The van der Waals surface area contributed by atoms with Crippen molar-refractivity contribution in [1.82, 2.24) is 40.4 Å². The topological polar surface area (TPSA) is 193 Å². The standard InChI is InChI=1S/C50H62N8O8/c1-29-5-15-39(57(29)45(59)41(55-47(61)63-3)35-17-19-49(21-22-49)65-27-35)43-51-25-37(53-43)33-11-7-31(8-12-33)32-9-13-34(14-10-32)38-26-52-44(54-38)40-16-6-30(2)58(40)46(60)42(56-48(62)64-4)36-18-20-50(23-24-50)66-28-36/h7-14,25-26,29-30,35-36,39-42H,5-6,15-24,27-28H2,1-4H3,(H,51,53)(H,52,54)(H,55,61)(H,56,62)/t29-,30-,35+,36+,39-,40-,41?,42?/m0/s1. The molecular formula is C50H62N8O8. The molecule has 0 radical (unpaired) electrons. The zero-order valence-electron chi connectivity index (χ0n) is 38.3. The molecule has 2 unspecified atom stereocenters. The van der Waals surface area contributed by atoms with E-state index in [0.29, 0.717) is 13.2 Å². The number of methoxy groups -OCH3 is 2. The number of nitrogens with zero attached hydrogens (tertiary/aromatic N) is 4. The molecule has 10 rings (SSSR count). The minimum absolute atomic E-state index is 0.0222. The molecule has 2 aromatic heterocycles. The van der Waals surface area contributed by atoms with Crippen LogP contribution in [0.4, 0.5) is 9.59 Å². The quantitative estimate of drug-likeness (QED) is 0.117. The number of ether oxygens (including phenoxy) is 4. The number of aromatic amines is 2. The fraction of sp³-hybridized carbons (Fsp3) is 0.560. The lowest BCUT2D eigenvalue weighted by molar-refractivity contribution is -0.141. The highest BCUT2D eigenvalue weighted by Gasteiger charge is 2.52. The van der Waals surface area contributed by atoms with Crippen molar-refractivity contribution in [2.75, 3.05) is 27.4 Å². The minimum atomic E-state index is -0.747. The molecule has 4 aromatic rings. The van der Waals surface area contributed by atoms with Gasteiger partial charge in [-0.1, -0.05) is 48.5 Å². The van der Waals surface area contributed by atoms with Crippen molar-refractivity contribution < 1.29 is 38.1 Å². The van der Waals surface area contributed by atoms with E-state index in [9.17, 15) is 19.2 Å². The van der Waals surface area contributed by atoms with E-state index in [1.807, 2.05) is 22.2 Å². The van der Waals surface area contributed by atoms with Crippen LogP contribution in [0.5, 0.6) is 0 Å². The second kappa shape index (κ2) is 17.8. The second-order valence-electron chi connectivity index (χ2n) is 19.7. The van der Waals surface area contributed by atoms with Crippen LogP contribution in [0, 0.1) is 11.8 Å². The molecule has 2 saturated carbocycles. The fourth-order valence-corrected chi connectivity index (χ4v) is 11.1. The normalized spacial score (nSPS) is 27.0. The number of amides is 4. The Morgan fingerprint density at radius 2 is 0.970 bits per heavy atom. The third-order valence-corrected chi connectivity index (χ3v) is 15.5. The van der Waals surface area contributed by atoms with E-state index in [1.54, 1.807) is 0 Å². The van der Waals surface area contributed by atoms with Crippen molar-refractivity contribution in [3.63, 3.8) is 0 Å². The summed E-state index contributed by atoms with van der Waals surface area (Å²) in [7, 11) is 2.63. The molecule has 16 heteroatoms. The number of H-pyrrole nitrogens is 2. The van der Waals surface area contributed by atoms with Gasteiger partial charge in [0, 0.05) is 23.9 Å². The Balaban J connectivity index is 0.794. The summed E-state index contributed by atoms with van der Waals surface area (Å²) in [4.78, 5) is 74.1. The van der Waals surface area contributed by atoms with Gasteiger partial charge in [-0.2, -0.15) is 0 Å². The van der Waals surface area contributed by atoms with E-state index in [4.69, 9.17) is 28.9 Å². The molecule has 4 aliphatic heterocycles. The molecular weight excluding hydrogens is 841 g/mol. The van der Waals surface area contributed by atoms with Crippen molar-refractivity contribution in [1.29, 1.82) is 0 Å². The first-order chi connectivity index (χ1) is 32.0. The van der Waals surface area contributed by atoms with E-state index in [-0.39, 0.29) is 59.0 Å². The molecule has 16 nitrogen and oxygen atoms in total. The maximum absolute atomic E-state index is 14.4. The number of carbonyl (C=O) groups excluding carboxylic acids is 4. The Morgan fingerprint density at radius 1 is 0.591 bits per heavy atom. The summed E-state index contributed by atoms with van der Waals surface area (Å²) in [6, 6.07) is 14.6. The van der Waals surface area contributed by atoms with Gasteiger partial charge >= 0.3 is 12.2 Å². The number of rotatable bonds is 11. The lowest BCUT2D eigenvalue weighted by Gasteiger charge is -2.37. The summed E-state index contributed by atoms with van der Waals surface area (Å²) in [5, 5.41) is 5.71. The second-order valence-corrected chi connectivity index (χ2v) is 19.7. The Morgan fingerprint density at radius 3 is 1.30 bits per heavy atom. The van der Waals surface area contributed by atoms with Crippen LogP contribution in [-0.2, 0) is 28.5 Å². The van der Waals surface area contributed by atoms with Gasteiger partial charge in [0.25, 0.3) is 0 Å². The molecule has 4 N–H and O–H groups in total. The van der Waals surface area contributed by atoms with Crippen LogP contribution < -0.4 is 10.6 Å². The molecule has 4 amide bonds. The van der Waals surface area contributed by atoms with Gasteiger partial charge in [-0.05, 0) is 113 Å². The summed E-state index contributed by atoms with van der Waals surface area (Å²) < 4.78 is 22.3. The highest BCUT2D eigenvalue weighted by atomic mass is 16.5. The van der Waals surface area contributed by atoms with Gasteiger partial charge in [0.05, 0.1) is 74.5 Å². The molecule has 350 valence electrons. The Hall–Kier alpha value is -5.74. The molecule has 4 saturated heterocycles. The molecule has 66 heavy (non-hydrogen) atoms. The largest absolute Gasteiger partial charge is 0.453 e. The number of aromatic nitrogens is 4. The van der Waals surface area contributed by atoms with Crippen LogP contribution in [0.25, 0.3) is 33.6 Å². The van der Waals surface area contributed by atoms with Crippen molar-refractivity contribution in [2.24, 2.45) is 11.8 Å². The fourth-order valence-electron chi connectivity index (χ4n) is 11.1. The van der Waals surface area contributed by atoms with Crippen molar-refractivity contribution in [3.8, 4) is 33.6 Å². The Kier molecular flexibility index (Phi) is 11.9. The summed E-state index contributed by atoms with van der Waals surface area (Å²) in [6.07, 6.45) is 13.2. The van der Waals surface area contributed by atoms with Crippen LogP contribution in [0.1, 0.15) is 115 Å². The highest BCUT2D eigenvalue weighted by molar-refractivity contribution is 5.88. The van der Waals surface area contributed by atoms with Gasteiger partial charge < -0.3 is 49.3 Å². The van der Waals surface area contributed by atoms with E-state index >= 15 is 0 Å². The first-order valence-corrected chi connectivity index (χ1v) is 23.9. The monoisotopic (exact) mass is 902 g/mol. The van der Waals surface area contributed by atoms with E-state index in [0.717, 1.165) is 122 Å². The average Bonchev–Trinajstić information content (AvgIpc) is 3.89. The summed E-state index contributed by atoms with van der Waals surface area (Å²) in [6.45, 7) is 4.98. The van der Waals surface area contributed by atoms with Crippen molar-refractivity contribution in [3.05, 3.63) is 72.6 Å². The average molecular weight is 903 g/mol. The lowest BCUT2D eigenvalue weighted by atomic mass is 9.89. The SMILES string of the molecule is COC(=O)NC(C(=O)N1[C@@H](C)CC[C@H]1c1ncc(-c2ccc(-c3ccc(-c4cnc([C@@H]5CC[C@H](C)N5C(=O)C(NC(=O)OC)[C@@H]5CCC6(CC6)OC5)[nH]4)cc3)cc2)[nH]1)[C@@H]1CCC2(CC2)OC1. The van der Waals surface area contributed by atoms with Gasteiger partial charge in [-0.3, -0.25) is 9.59 Å². The number of imidazole rings is 2. The van der Waals surface area contributed by atoms with Gasteiger partial charge in [0.2, 0.25) is 11.8 Å². The minimum Gasteiger partial charge on any atom is -0.453 e. The van der Waals surface area contributed by atoms with Crippen LogP contribution >= 0.6 is 0 Å². The van der Waals surface area contributed by atoms with Crippen LogP contribution in [0.2, 0.25) is 0 Å². The zero-order chi connectivity index (χ0) is 45.7. The maximum atomic E-state index is 14.4. The molecule has 6 heterocycles. The smallest absolute Gasteiger partial charge is 0.407 e. The van der Waals surface area contributed by atoms with Crippen molar-refractivity contribution >= 4 is 24.0 Å². The van der Waals surface area contributed by atoms with Crippen LogP contribution in [0.15, 0.2) is 60.9 Å². The number of hydrogen-bond donors (Lipinski definition) is 4. The highest BCUT2D eigenvalue weighted by Crippen LogP contribution is 2.49. The Bertz CT molecular complexity index is 2240. The third-order valence-electron chi connectivity index (χ3n) is 15.5. The summed E-state index contributed by atoms with van der Waals surface area (Å²) in [5.74, 6) is 0.914. The van der Waals surface area contributed by atoms with Gasteiger partial charge in [0.1, 0.15) is 23.7 Å². The van der Waals surface area contributed by atoms with Crippen LogP contribution in [-0.4, -0.2) is 117 Å². The number of nitrogens with one attached hydrogen (secondary N) is 4. The third kappa shape index (κ3) is 8.69. The van der Waals surface area contributed by atoms with E-state index in [1.165, 1.54) is 14.2 Å². The molecule has 6 aliphatic rings. The number of likely N-dealkylation sites (tertiary alicyclic amines) is 2. The summed E-state index contributed by atoms with van der Waals surface area (Å²) >= 11 is 0. The predicted octanol–water partition coefficient (Wildman–Crippen LogP) is 7.61. The molecule has 2 spiro atoms.